The molecule has 1 atom stereocenters. The first kappa shape index (κ1) is 14.2. The van der Waals surface area contributed by atoms with Crippen LogP contribution in [0.25, 0.3) is 0 Å². The van der Waals surface area contributed by atoms with Gasteiger partial charge in [0, 0.05) is 6.54 Å². The van der Waals surface area contributed by atoms with Gasteiger partial charge < -0.3 is 5.11 Å². The van der Waals surface area contributed by atoms with Crippen LogP contribution >= 0.6 is 11.3 Å². The molecule has 0 fully saturated rings. The van der Waals surface area contributed by atoms with E-state index in [0.29, 0.717) is 0 Å². The molecule has 0 amide bonds. The first-order chi connectivity index (χ1) is 9.07. The maximum atomic E-state index is 11.9. The summed E-state index contributed by atoms with van der Waals surface area (Å²) in [6.45, 7) is -0.00804. The third-order valence-corrected chi connectivity index (χ3v) is 4.65. The number of aliphatic hydroxyl groups is 1. The quantitative estimate of drug-likeness (QED) is 0.856. The zero-order valence-corrected chi connectivity index (χ0v) is 11.8. The largest absolute Gasteiger partial charge is 0.387 e. The number of rotatable bonds is 6. The summed E-state index contributed by atoms with van der Waals surface area (Å²) in [4.78, 5) is 0. The summed E-state index contributed by atoms with van der Waals surface area (Å²) in [5.41, 5.74) is 1.45. The van der Waals surface area contributed by atoms with Crippen molar-refractivity contribution in [3.05, 3.63) is 58.3 Å². The average Bonchev–Trinajstić information content (AvgIpc) is 2.91. The number of nitrogens with one attached hydrogen (secondary N) is 1. The molecule has 2 aromatic rings. The van der Waals surface area contributed by atoms with Gasteiger partial charge in [0.1, 0.15) is 0 Å². The highest BCUT2D eigenvalue weighted by atomic mass is 32.2. The van der Waals surface area contributed by atoms with Crippen molar-refractivity contribution in [2.75, 3.05) is 6.54 Å². The number of benzene rings is 1. The lowest BCUT2D eigenvalue weighted by molar-refractivity contribution is 0.182. The molecule has 2 rings (SSSR count). The summed E-state index contributed by atoms with van der Waals surface area (Å²) >= 11 is 1.47. The minimum atomic E-state index is -3.43. The van der Waals surface area contributed by atoms with E-state index >= 15 is 0 Å². The van der Waals surface area contributed by atoms with Gasteiger partial charge in [-0.1, -0.05) is 30.3 Å². The monoisotopic (exact) mass is 297 g/mol. The Labute approximate surface area is 116 Å². The second-order valence-corrected chi connectivity index (χ2v) is 6.75. The maximum Gasteiger partial charge on any atom is 0.215 e. The first-order valence-corrected chi connectivity index (χ1v) is 8.38. The molecule has 0 aliphatic heterocycles. The van der Waals surface area contributed by atoms with Crippen molar-refractivity contribution in [3.8, 4) is 0 Å². The van der Waals surface area contributed by atoms with E-state index in [1.807, 2.05) is 11.4 Å². The van der Waals surface area contributed by atoms with Crippen LogP contribution in [0.5, 0.6) is 0 Å². The Bertz CT molecular complexity index is 594. The molecule has 0 unspecified atom stereocenters. The Hall–Kier alpha value is -1.21. The van der Waals surface area contributed by atoms with E-state index in [0.717, 1.165) is 11.1 Å². The highest BCUT2D eigenvalue weighted by Gasteiger charge is 2.15. The van der Waals surface area contributed by atoms with Gasteiger partial charge in [-0.05, 0) is 28.0 Å². The zero-order valence-electron chi connectivity index (χ0n) is 10.2. The average molecular weight is 297 g/mol. The second kappa shape index (κ2) is 6.29. The summed E-state index contributed by atoms with van der Waals surface area (Å²) in [5, 5.41) is 13.5. The van der Waals surface area contributed by atoms with Crippen molar-refractivity contribution in [1.29, 1.82) is 0 Å². The minimum absolute atomic E-state index is 0.00804. The van der Waals surface area contributed by atoms with Crippen molar-refractivity contribution >= 4 is 21.4 Å². The van der Waals surface area contributed by atoms with E-state index in [1.54, 1.807) is 35.7 Å². The predicted molar refractivity (Wildman–Crippen MR) is 76.3 cm³/mol. The normalized spacial score (nSPS) is 13.3. The molecular formula is C13H15NO3S2. The van der Waals surface area contributed by atoms with Crippen LogP contribution in [0, 0.1) is 0 Å². The fourth-order valence-corrected chi connectivity index (χ4v) is 3.49. The third-order valence-electron chi connectivity index (χ3n) is 2.62. The molecule has 0 saturated carbocycles. The second-order valence-electron chi connectivity index (χ2n) is 4.17. The molecule has 19 heavy (non-hydrogen) atoms. The maximum absolute atomic E-state index is 11.9. The van der Waals surface area contributed by atoms with Gasteiger partial charge in [0.15, 0.2) is 0 Å². The number of hydrogen-bond donors (Lipinski definition) is 2. The van der Waals surface area contributed by atoms with Crippen LogP contribution in [0.4, 0.5) is 0 Å². The highest BCUT2D eigenvalue weighted by molar-refractivity contribution is 7.88. The summed E-state index contributed by atoms with van der Waals surface area (Å²) in [6, 6.07) is 10.7. The van der Waals surface area contributed by atoms with Crippen LogP contribution < -0.4 is 4.72 Å². The number of sulfonamides is 1. The highest BCUT2D eigenvalue weighted by Crippen LogP contribution is 2.15. The lowest BCUT2D eigenvalue weighted by Crippen LogP contribution is -2.29. The fraction of sp³-hybridized carbons (Fsp3) is 0.231. The van der Waals surface area contributed by atoms with Crippen molar-refractivity contribution in [2.45, 2.75) is 11.9 Å². The molecule has 0 radical (unpaired) electrons. The van der Waals surface area contributed by atoms with Crippen molar-refractivity contribution in [3.63, 3.8) is 0 Å². The van der Waals surface area contributed by atoms with Crippen LogP contribution in [0.15, 0.2) is 47.2 Å². The van der Waals surface area contributed by atoms with Gasteiger partial charge in [-0.3, -0.25) is 0 Å². The summed E-state index contributed by atoms with van der Waals surface area (Å²) in [5.74, 6) is -0.0792. The SMILES string of the molecule is O=S(=O)(Cc1ccccc1)NC[C@H](O)c1ccsc1. The first-order valence-electron chi connectivity index (χ1n) is 5.78. The van der Waals surface area contributed by atoms with Gasteiger partial charge in [-0.25, -0.2) is 13.1 Å². The van der Waals surface area contributed by atoms with Crippen LogP contribution in [-0.2, 0) is 15.8 Å². The molecule has 2 N–H and O–H groups in total. The Kier molecular flexibility index (Phi) is 4.71. The smallest absolute Gasteiger partial charge is 0.215 e. The molecule has 0 bridgehead atoms. The molecule has 1 aromatic carbocycles. The molecule has 0 aliphatic rings. The van der Waals surface area contributed by atoms with E-state index in [4.69, 9.17) is 0 Å². The summed E-state index contributed by atoms with van der Waals surface area (Å²) in [7, 11) is -3.43. The molecule has 4 nitrogen and oxygen atoms in total. The van der Waals surface area contributed by atoms with Crippen molar-refractivity contribution in [1.82, 2.24) is 4.72 Å². The molecular weight excluding hydrogens is 282 g/mol. The lowest BCUT2D eigenvalue weighted by atomic mass is 10.2. The predicted octanol–water partition coefficient (Wildman–Crippen LogP) is 1.90. The molecule has 0 saturated heterocycles. The number of thiophene rings is 1. The lowest BCUT2D eigenvalue weighted by Gasteiger charge is -2.11. The molecule has 102 valence electrons. The standard InChI is InChI=1S/C13H15NO3S2/c15-13(12-6-7-18-9-12)8-14-19(16,17)10-11-4-2-1-3-5-11/h1-7,9,13-15H,8,10H2/t13-/m0/s1. The van der Waals surface area contributed by atoms with Crippen molar-refractivity contribution < 1.29 is 13.5 Å². The minimum Gasteiger partial charge on any atom is -0.387 e. The third kappa shape index (κ3) is 4.43. The molecule has 6 heteroatoms. The Balaban J connectivity index is 1.91. The molecule has 0 aliphatic carbocycles. The van der Waals surface area contributed by atoms with E-state index in [-0.39, 0.29) is 12.3 Å². The van der Waals surface area contributed by atoms with Crippen LogP contribution in [0.2, 0.25) is 0 Å². The van der Waals surface area contributed by atoms with Gasteiger partial charge in [0.05, 0.1) is 11.9 Å². The Morgan fingerprint density at radius 1 is 1.21 bits per heavy atom. The fourth-order valence-electron chi connectivity index (χ4n) is 1.63. The number of aliphatic hydroxyl groups excluding tert-OH is 1. The molecule has 1 heterocycles. The van der Waals surface area contributed by atoms with Gasteiger partial charge in [-0.2, -0.15) is 11.3 Å². The van der Waals surface area contributed by atoms with Gasteiger partial charge in [-0.15, -0.1) is 0 Å². The van der Waals surface area contributed by atoms with Crippen molar-refractivity contribution in [2.24, 2.45) is 0 Å². The van der Waals surface area contributed by atoms with Gasteiger partial charge in [0.25, 0.3) is 0 Å². The number of hydrogen-bond acceptors (Lipinski definition) is 4. The van der Waals surface area contributed by atoms with E-state index in [9.17, 15) is 13.5 Å². The van der Waals surface area contributed by atoms with E-state index < -0.39 is 16.1 Å². The summed E-state index contributed by atoms with van der Waals surface area (Å²) in [6.07, 6.45) is -0.809. The molecule has 1 aromatic heterocycles. The van der Waals surface area contributed by atoms with E-state index in [2.05, 4.69) is 4.72 Å². The van der Waals surface area contributed by atoms with Gasteiger partial charge >= 0.3 is 0 Å². The van der Waals surface area contributed by atoms with Crippen LogP contribution in [0.1, 0.15) is 17.2 Å². The Morgan fingerprint density at radius 2 is 1.95 bits per heavy atom. The summed E-state index contributed by atoms with van der Waals surface area (Å²) < 4.78 is 26.1. The van der Waals surface area contributed by atoms with Crippen LogP contribution in [-0.4, -0.2) is 20.1 Å². The van der Waals surface area contributed by atoms with Gasteiger partial charge in [0.2, 0.25) is 10.0 Å². The van der Waals surface area contributed by atoms with E-state index in [1.165, 1.54) is 11.3 Å². The zero-order chi connectivity index (χ0) is 13.7. The molecule has 0 spiro atoms. The Morgan fingerprint density at radius 3 is 2.58 bits per heavy atom. The topological polar surface area (TPSA) is 66.4 Å². The van der Waals surface area contributed by atoms with Crippen LogP contribution in [0.3, 0.4) is 0 Å².